The normalized spacial score (nSPS) is 20.1. The second-order valence-corrected chi connectivity index (χ2v) is 4.60. The van der Waals surface area contributed by atoms with Gasteiger partial charge in [-0.1, -0.05) is 6.92 Å². The first-order valence-electron chi connectivity index (χ1n) is 6.21. The average Bonchev–Trinajstić information content (AvgIpc) is 2.33. The Morgan fingerprint density at radius 3 is 2.88 bits per heavy atom. The summed E-state index contributed by atoms with van der Waals surface area (Å²) in [5.74, 6) is -0.391. The number of rotatable bonds is 4. The molecule has 0 spiro atoms. The topological polar surface area (TPSA) is 58.6 Å². The van der Waals surface area contributed by atoms with Gasteiger partial charge in [-0.15, -0.1) is 0 Å². The van der Waals surface area contributed by atoms with Crippen molar-refractivity contribution < 1.29 is 14.3 Å². The van der Waals surface area contributed by atoms with Crippen LogP contribution in [0.2, 0.25) is 0 Å². The van der Waals surface area contributed by atoms with Gasteiger partial charge >= 0.3 is 11.8 Å². The fourth-order valence-corrected chi connectivity index (χ4v) is 2.01. The van der Waals surface area contributed by atoms with Gasteiger partial charge < -0.3 is 15.0 Å². The van der Waals surface area contributed by atoms with Crippen LogP contribution in [0, 0.1) is 5.92 Å². The first-order chi connectivity index (χ1) is 8.15. The number of hydrogen-bond acceptors (Lipinski definition) is 3. The lowest BCUT2D eigenvalue weighted by molar-refractivity contribution is -0.146. The van der Waals surface area contributed by atoms with Crippen molar-refractivity contribution in [3.8, 4) is 0 Å². The summed E-state index contributed by atoms with van der Waals surface area (Å²) < 4.78 is 4.87. The molecule has 1 N–H and O–H groups in total. The molecule has 1 saturated heterocycles. The van der Waals surface area contributed by atoms with Crippen LogP contribution in [0.5, 0.6) is 0 Å². The van der Waals surface area contributed by atoms with Crippen LogP contribution < -0.4 is 5.32 Å². The van der Waals surface area contributed by atoms with Crippen LogP contribution in [-0.2, 0) is 14.3 Å². The fourth-order valence-electron chi connectivity index (χ4n) is 2.01. The summed E-state index contributed by atoms with van der Waals surface area (Å²) in [6.45, 7) is 4.59. The highest BCUT2D eigenvalue weighted by Crippen LogP contribution is 2.15. The van der Waals surface area contributed by atoms with E-state index in [0.717, 1.165) is 19.3 Å². The predicted molar refractivity (Wildman–Crippen MR) is 64.5 cm³/mol. The molecule has 1 aliphatic rings. The maximum Gasteiger partial charge on any atom is 0.311 e. The number of ether oxygens (including phenoxy) is 1. The van der Waals surface area contributed by atoms with Crippen LogP contribution in [0.1, 0.15) is 26.2 Å². The predicted octanol–water partition coefficient (Wildman–Crippen LogP) is 0.398. The van der Waals surface area contributed by atoms with Crippen LogP contribution in [0.4, 0.5) is 0 Å². The van der Waals surface area contributed by atoms with Crippen molar-refractivity contribution in [2.75, 3.05) is 33.4 Å². The molecule has 0 saturated carbocycles. The lowest BCUT2D eigenvalue weighted by atomic mass is 10.0. The first kappa shape index (κ1) is 14.0. The first-order valence-corrected chi connectivity index (χ1v) is 6.21. The number of nitrogens with zero attached hydrogens (tertiary/aromatic N) is 1. The SMILES string of the molecule is COCCCNC(=O)C(=O)N1CCCC(C)C1. The van der Waals surface area contributed by atoms with Gasteiger partial charge in [-0.05, 0) is 25.2 Å². The molecule has 0 radical (unpaired) electrons. The molecule has 98 valence electrons. The summed E-state index contributed by atoms with van der Waals surface area (Å²) in [5, 5.41) is 2.62. The van der Waals surface area contributed by atoms with E-state index in [0.29, 0.717) is 32.2 Å². The third-order valence-electron chi connectivity index (χ3n) is 2.95. The van der Waals surface area contributed by atoms with Crippen LogP contribution in [-0.4, -0.2) is 50.1 Å². The highest BCUT2D eigenvalue weighted by Gasteiger charge is 2.25. The Morgan fingerprint density at radius 1 is 1.47 bits per heavy atom. The minimum Gasteiger partial charge on any atom is -0.385 e. The Bertz CT molecular complexity index is 268. The van der Waals surface area contributed by atoms with Gasteiger partial charge in [-0.25, -0.2) is 0 Å². The van der Waals surface area contributed by atoms with Crippen LogP contribution in [0.3, 0.4) is 0 Å². The zero-order valence-electron chi connectivity index (χ0n) is 10.7. The molecule has 1 atom stereocenters. The third-order valence-corrected chi connectivity index (χ3v) is 2.95. The molecule has 1 fully saturated rings. The van der Waals surface area contributed by atoms with Crippen molar-refractivity contribution in [2.24, 2.45) is 5.92 Å². The number of carbonyl (C=O) groups is 2. The Morgan fingerprint density at radius 2 is 2.24 bits per heavy atom. The monoisotopic (exact) mass is 242 g/mol. The second kappa shape index (κ2) is 7.27. The van der Waals surface area contributed by atoms with Gasteiger partial charge in [0.15, 0.2) is 0 Å². The summed E-state index contributed by atoms with van der Waals surface area (Å²) in [7, 11) is 1.61. The molecule has 1 aliphatic heterocycles. The summed E-state index contributed by atoms with van der Waals surface area (Å²) >= 11 is 0. The Hall–Kier alpha value is -1.10. The van der Waals surface area contributed by atoms with Crippen LogP contribution in [0.15, 0.2) is 0 Å². The van der Waals surface area contributed by atoms with Crippen molar-refractivity contribution in [1.29, 1.82) is 0 Å². The number of piperidine rings is 1. The summed E-state index contributed by atoms with van der Waals surface area (Å²) in [5.41, 5.74) is 0. The lowest BCUT2D eigenvalue weighted by Crippen LogP contribution is -2.47. The molecule has 0 aromatic heterocycles. The van der Waals surface area contributed by atoms with E-state index in [1.54, 1.807) is 12.0 Å². The van der Waals surface area contributed by atoms with Crippen molar-refractivity contribution in [3.63, 3.8) is 0 Å². The maximum absolute atomic E-state index is 11.8. The number of nitrogens with one attached hydrogen (secondary N) is 1. The van der Waals surface area contributed by atoms with E-state index in [9.17, 15) is 9.59 Å². The molecular formula is C12H22N2O3. The molecule has 0 aliphatic carbocycles. The number of carbonyl (C=O) groups excluding carboxylic acids is 2. The standard InChI is InChI=1S/C12H22N2O3/c1-10-5-3-7-14(9-10)12(16)11(15)13-6-4-8-17-2/h10H,3-9H2,1-2H3,(H,13,15). The molecule has 5 heteroatoms. The number of methoxy groups -OCH3 is 1. The van der Waals surface area contributed by atoms with Gasteiger partial charge in [0.2, 0.25) is 0 Å². The van der Waals surface area contributed by atoms with Crippen molar-refractivity contribution in [2.45, 2.75) is 26.2 Å². The molecule has 1 heterocycles. The van der Waals surface area contributed by atoms with Gasteiger partial charge in [-0.3, -0.25) is 9.59 Å². The van der Waals surface area contributed by atoms with Crippen LogP contribution >= 0.6 is 0 Å². The smallest absolute Gasteiger partial charge is 0.311 e. The molecule has 2 amide bonds. The third kappa shape index (κ3) is 4.73. The molecule has 0 bridgehead atoms. The Labute approximate surface area is 102 Å². The highest BCUT2D eigenvalue weighted by atomic mass is 16.5. The van der Waals surface area contributed by atoms with Crippen LogP contribution in [0.25, 0.3) is 0 Å². The Balaban J connectivity index is 2.28. The maximum atomic E-state index is 11.8. The van der Waals surface area contributed by atoms with Crippen molar-refractivity contribution >= 4 is 11.8 Å². The molecule has 5 nitrogen and oxygen atoms in total. The van der Waals surface area contributed by atoms with Crippen molar-refractivity contribution in [1.82, 2.24) is 10.2 Å². The quantitative estimate of drug-likeness (QED) is 0.573. The van der Waals surface area contributed by atoms with Crippen molar-refractivity contribution in [3.05, 3.63) is 0 Å². The second-order valence-electron chi connectivity index (χ2n) is 4.60. The average molecular weight is 242 g/mol. The molecule has 0 aromatic carbocycles. The fraction of sp³-hybridized carbons (Fsp3) is 0.833. The summed E-state index contributed by atoms with van der Waals surface area (Å²) in [4.78, 5) is 25.0. The van der Waals surface area contributed by atoms with Gasteiger partial charge in [-0.2, -0.15) is 0 Å². The van der Waals surface area contributed by atoms with Gasteiger partial charge in [0.05, 0.1) is 0 Å². The summed E-state index contributed by atoms with van der Waals surface area (Å²) in [6, 6.07) is 0. The van der Waals surface area contributed by atoms with E-state index in [1.807, 2.05) is 0 Å². The largest absolute Gasteiger partial charge is 0.385 e. The zero-order chi connectivity index (χ0) is 12.7. The molecular weight excluding hydrogens is 220 g/mol. The Kier molecular flexibility index (Phi) is 5.97. The molecule has 0 aromatic rings. The molecule has 17 heavy (non-hydrogen) atoms. The minimum atomic E-state index is -0.491. The number of hydrogen-bond donors (Lipinski definition) is 1. The molecule has 1 unspecified atom stereocenters. The van der Waals surface area contributed by atoms with E-state index in [2.05, 4.69) is 12.2 Å². The van der Waals surface area contributed by atoms with Gasteiger partial charge in [0.25, 0.3) is 0 Å². The van der Waals surface area contributed by atoms with Gasteiger partial charge in [0.1, 0.15) is 0 Å². The van der Waals surface area contributed by atoms with Gasteiger partial charge in [0, 0.05) is 33.4 Å². The minimum absolute atomic E-state index is 0.394. The molecule has 1 rings (SSSR count). The number of amides is 2. The van der Waals surface area contributed by atoms with E-state index >= 15 is 0 Å². The lowest BCUT2D eigenvalue weighted by Gasteiger charge is -2.30. The highest BCUT2D eigenvalue weighted by molar-refractivity contribution is 6.35. The van der Waals surface area contributed by atoms with E-state index in [-0.39, 0.29) is 0 Å². The zero-order valence-corrected chi connectivity index (χ0v) is 10.7. The van der Waals surface area contributed by atoms with E-state index in [4.69, 9.17) is 4.74 Å². The van der Waals surface area contributed by atoms with E-state index in [1.165, 1.54) is 0 Å². The number of likely N-dealkylation sites (tertiary alicyclic amines) is 1. The summed E-state index contributed by atoms with van der Waals surface area (Å²) in [6.07, 6.45) is 2.86. The van der Waals surface area contributed by atoms with E-state index < -0.39 is 11.8 Å².